The Labute approximate surface area is 120 Å². The second kappa shape index (κ2) is 6.75. The monoisotopic (exact) mass is 276 g/mol. The smallest absolute Gasteiger partial charge is 0.222 e. The van der Waals surface area contributed by atoms with Crippen molar-refractivity contribution in [2.24, 2.45) is 5.92 Å². The molecule has 0 radical (unpaired) electrons. The molecule has 1 fully saturated rings. The molecule has 20 heavy (non-hydrogen) atoms. The number of nitrogen functional groups attached to an aromatic ring is 1. The minimum absolute atomic E-state index is 0.171. The molecule has 2 atom stereocenters. The van der Waals surface area contributed by atoms with Crippen molar-refractivity contribution < 1.29 is 9.53 Å². The molecule has 1 heterocycles. The molecular formula is C16H24N2O2. The van der Waals surface area contributed by atoms with E-state index < -0.39 is 0 Å². The summed E-state index contributed by atoms with van der Waals surface area (Å²) in [6.45, 7) is 3.75. The minimum Gasteiger partial charge on any atom is -0.399 e. The van der Waals surface area contributed by atoms with Crippen molar-refractivity contribution in [1.29, 1.82) is 0 Å². The van der Waals surface area contributed by atoms with Gasteiger partial charge in [-0.3, -0.25) is 4.79 Å². The van der Waals surface area contributed by atoms with Gasteiger partial charge in [0.15, 0.2) is 0 Å². The summed E-state index contributed by atoms with van der Waals surface area (Å²) in [6, 6.07) is 7.73. The van der Waals surface area contributed by atoms with Crippen LogP contribution in [0.3, 0.4) is 0 Å². The van der Waals surface area contributed by atoms with E-state index in [2.05, 4.69) is 6.92 Å². The molecule has 1 aliphatic heterocycles. The minimum atomic E-state index is 0.171. The summed E-state index contributed by atoms with van der Waals surface area (Å²) >= 11 is 0. The molecule has 1 amide bonds. The van der Waals surface area contributed by atoms with E-state index >= 15 is 0 Å². The number of piperidine rings is 1. The fourth-order valence-electron chi connectivity index (χ4n) is 2.66. The van der Waals surface area contributed by atoms with Gasteiger partial charge in [0.2, 0.25) is 5.91 Å². The van der Waals surface area contributed by atoms with Gasteiger partial charge in [0.05, 0.1) is 6.10 Å². The molecule has 4 nitrogen and oxygen atoms in total. The van der Waals surface area contributed by atoms with Crippen molar-refractivity contribution in [2.45, 2.75) is 32.3 Å². The van der Waals surface area contributed by atoms with Gasteiger partial charge in [-0.05, 0) is 36.5 Å². The van der Waals surface area contributed by atoms with Gasteiger partial charge in [0.1, 0.15) is 0 Å². The largest absolute Gasteiger partial charge is 0.399 e. The van der Waals surface area contributed by atoms with Crippen molar-refractivity contribution in [3.8, 4) is 0 Å². The predicted molar refractivity (Wildman–Crippen MR) is 80.3 cm³/mol. The zero-order valence-electron chi connectivity index (χ0n) is 12.3. The average Bonchev–Trinajstić information content (AvgIpc) is 2.47. The lowest BCUT2D eigenvalue weighted by molar-refractivity contribution is -0.136. The molecule has 1 aromatic rings. The molecule has 110 valence electrons. The average molecular weight is 276 g/mol. The van der Waals surface area contributed by atoms with Gasteiger partial charge in [-0.25, -0.2) is 0 Å². The number of carbonyl (C=O) groups excluding carboxylic acids is 1. The number of anilines is 1. The molecule has 4 heteroatoms. The number of hydrogen-bond donors (Lipinski definition) is 1. The molecule has 0 bridgehead atoms. The number of amides is 1. The van der Waals surface area contributed by atoms with Gasteiger partial charge in [0.25, 0.3) is 0 Å². The SMILES string of the molecule is COC1CN(C(=O)CCc2ccc(N)cc2)CCC1C. The van der Waals surface area contributed by atoms with Crippen molar-refractivity contribution in [3.63, 3.8) is 0 Å². The maximum Gasteiger partial charge on any atom is 0.222 e. The molecule has 1 aliphatic rings. The summed E-state index contributed by atoms with van der Waals surface area (Å²) in [7, 11) is 1.73. The van der Waals surface area contributed by atoms with E-state index in [1.807, 2.05) is 29.2 Å². The standard InChI is InChI=1S/C16H24N2O2/c1-12-9-10-18(11-15(12)20-2)16(19)8-5-13-3-6-14(17)7-4-13/h3-4,6-7,12,15H,5,8-11,17H2,1-2H3. The third kappa shape index (κ3) is 3.73. The van der Waals surface area contributed by atoms with Crippen LogP contribution >= 0.6 is 0 Å². The topological polar surface area (TPSA) is 55.6 Å². The Hall–Kier alpha value is -1.55. The van der Waals surface area contributed by atoms with Crippen molar-refractivity contribution >= 4 is 11.6 Å². The molecule has 0 aromatic heterocycles. The van der Waals surface area contributed by atoms with Crippen molar-refractivity contribution in [3.05, 3.63) is 29.8 Å². The fourth-order valence-corrected chi connectivity index (χ4v) is 2.66. The Kier molecular flexibility index (Phi) is 5.01. The molecule has 1 saturated heterocycles. The van der Waals surface area contributed by atoms with Crippen molar-refractivity contribution in [2.75, 3.05) is 25.9 Å². The number of ether oxygens (including phenoxy) is 1. The number of carbonyl (C=O) groups is 1. The Balaban J connectivity index is 1.84. The number of nitrogens with zero attached hydrogens (tertiary/aromatic N) is 1. The highest BCUT2D eigenvalue weighted by atomic mass is 16.5. The summed E-state index contributed by atoms with van der Waals surface area (Å²) in [4.78, 5) is 14.2. The Morgan fingerprint density at radius 3 is 2.75 bits per heavy atom. The van der Waals surface area contributed by atoms with E-state index in [0.29, 0.717) is 12.3 Å². The highest BCUT2D eigenvalue weighted by Crippen LogP contribution is 2.20. The number of aryl methyl sites for hydroxylation is 1. The number of likely N-dealkylation sites (tertiary alicyclic amines) is 1. The zero-order chi connectivity index (χ0) is 14.5. The molecule has 2 rings (SSSR count). The van der Waals surface area contributed by atoms with E-state index in [4.69, 9.17) is 10.5 Å². The third-order valence-electron chi connectivity index (χ3n) is 4.15. The first-order valence-corrected chi connectivity index (χ1v) is 7.25. The van der Waals surface area contributed by atoms with E-state index in [-0.39, 0.29) is 12.0 Å². The maximum atomic E-state index is 12.3. The van der Waals surface area contributed by atoms with Crippen LogP contribution < -0.4 is 5.73 Å². The molecule has 0 saturated carbocycles. The van der Waals surface area contributed by atoms with Gasteiger partial charge < -0.3 is 15.4 Å². The van der Waals surface area contributed by atoms with Gasteiger partial charge in [-0.2, -0.15) is 0 Å². The molecule has 2 unspecified atom stereocenters. The van der Waals surface area contributed by atoms with E-state index in [1.54, 1.807) is 7.11 Å². The van der Waals surface area contributed by atoms with Crippen LogP contribution in [-0.4, -0.2) is 37.1 Å². The quantitative estimate of drug-likeness (QED) is 0.857. The number of rotatable bonds is 4. The summed E-state index contributed by atoms with van der Waals surface area (Å²) in [6.07, 6.45) is 2.51. The van der Waals surface area contributed by atoms with Crippen LogP contribution in [0.4, 0.5) is 5.69 Å². The summed E-state index contributed by atoms with van der Waals surface area (Å²) in [5.41, 5.74) is 7.57. The predicted octanol–water partition coefficient (Wildman–Crippen LogP) is 2.08. The van der Waals surface area contributed by atoms with Gasteiger partial charge in [-0.1, -0.05) is 19.1 Å². The summed E-state index contributed by atoms with van der Waals surface area (Å²) < 4.78 is 5.45. The highest BCUT2D eigenvalue weighted by molar-refractivity contribution is 5.76. The van der Waals surface area contributed by atoms with Crippen molar-refractivity contribution in [1.82, 2.24) is 4.90 Å². The lowest BCUT2D eigenvalue weighted by Gasteiger charge is -2.36. The van der Waals surface area contributed by atoms with Gasteiger partial charge >= 0.3 is 0 Å². The lowest BCUT2D eigenvalue weighted by atomic mass is 9.95. The molecule has 2 N–H and O–H groups in total. The first-order chi connectivity index (χ1) is 9.60. The Morgan fingerprint density at radius 1 is 1.40 bits per heavy atom. The Morgan fingerprint density at radius 2 is 2.10 bits per heavy atom. The van der Waals surface area contributed by atoms with Gasteiger partial charge in [-0.15, -0.1) is 0 Å². The number of methoxy groups -OCH3 is 1. The highest BCUT2D eigenvalue weighted by Gasteiger charge is 2.28. The second-order valence-electron chi connectivity index (χ2n) is 5.62. The summed E-state index contributed by atoms with van der Waals surface area (Å²) in [5.74, 6) is 0.747. The van der Waals surface area contributed by atoms with Crippen LogP contribution in [0.15, 0.2) is 24.3 Å². The van der Waals surface area contributed by atoms with Gasteiger partial charge in [0, 0.05) is 32.3 Å². The molecular weight excluding hydrogens is 252 g/mol. The van der Waals surface area contributed by atoms with Crippen LogP contribution in [-0.2, 0) is 16.0 Å². The Bertz CT molecular complexity index is 444. The first-order valence-electron chi connectivity index (χ1n) is 7.25. The van der Waals surface area contributed by atoms with E-state index in [0.717, 1.165) is 37.2 Å². The van der Waals surface area contributed by atoms with Crippen LogP contribution in [0.1, 0.15) is 25.3 Å². The van der Waals surface area contributed by atoms with E-state index in [1.165, 1.54) is 0 Å². The molecule has 1 aromatic carbocycles. The van der Waals surface area contributed by atoms with Crippen LogP contribution in [0.5, 0.6) is 0 Å². The molecule has 0 spiro atoms. The van der Waals surface area contributed by atoms with E-state index in [9.17, 15) is 4.79 Å². The maximum absolute atomic E-state index is 12.3. The number of benzene rings is 1. The third-order valence-corrected chi connectivity index (χ3v) is 4.15. The van der Waals surface area contributed by atoms with Crippen LogP contribution in [0, 0.1) is 5.92 Å². The normalized spacial score (nSPS) is 22.8. The van der Waals surface area contributed by atoms with Crippen LogP contribution in [0.25, 0.3) is 0 Å². The molecule has 0 aliphatic carbocycles. The zero-order valence-corrected chi connectivity index (χ0v) is 12.3. The lowest BCUT2D eigenvalue weighted by Crippen LogP contribution is -2.46. The first kappa shape index (κ1) is 14.9. The second-order valence-corrected chi connectivity index (χ2v) is 5.62. The number of hydrogen-bond acceptors (Lipinski definition) is 3. The van der Waals surface area contributed by atoms with Crippen LogP contribution in [0.2, 0.25) is 0 Å². The fraction of sp³-hybridized carbons (Fsp3) is 0.562. The summed E-state index contributed by atoms with van der Waals surface area (Å²) in [5, 5.41) is 0. The number of nitrogens with two attached hydrogens (primary N) is 1.